The fraction of sp³-hybridized carbons (Fsp3) is 1.00. The van der Waals surface area contributed by atoms with Crippen molar-refractivity contribution in [1.29, 1.82) is 0 Å². The molecule has 1 nitrogen and oxygen atoms in total. The van der Waals surface area contributed by atoms with Crippen LogP contribution in [0.2, 0.25) is 0 Å². The highest BCUT2D eigenvalue weighted by atomic mass is 35.5. The summed E-state index contributed by atoms with van der Waals surface area (Å²) >= 11 is 5.70. The van der Waals surface area contributed by atoms with Gasteiger partial charge in [-0.15, -0.1) is 11.6 Å². The highest BCUT2D eigenvalue weighted by Crippen LogP contribution is 2.23. The maximum absolute atomic E-state index is 5.81. The Bertz CT molecular complexity index is 85.0. The minimum Gasteiger partial charge on any atom is -0.327 e. The van der Waals surface area contributed by atoms with E-state index in [0.29, 0.717) is 12.0 Å². The van der Waals surface area contributed by atoms with Crippen molar-refractivity contribution >= 4 is 11.6 Å². The molecule has 0 heterocycles. The molecule has 0 aromatic heterocycles. The molecule has 54 valence electrons. The van der Waals surface area contributed by atoms with Crippen molar-refractivity contribution in [2.75, 3.05) is 5.88 Å². The first kappa shape index (κ1) is 7.36. The summed E-state index contributed by atoms with van der Waals surface area (Å²) in [6, 6.07) is 0.385. The largest absolute Gasteiger partial charge is 0.327 e. The molecule has 2 heteroatoms. The summed E-state index contributed by atoms with van der Waals surface area (Å²) < 4.78 is 0. The van der Waals surface area contributed by atoms with Crippen LogP contribution >= 0.6 is 11.6 Å². The maximum atomic E-state index is 5.81. The second kappa shape index (κ2) is 3.43. The van der Waals surface area contributed by atoms with Crippen LogP contribution in [0, 0.1) is 5.92 Å². The number of hydrogen-bond donors (Lipinski definition) is 1. The van der Waals surface area contributed by atoms with Gasteiger partial charge in [0.05, 0.1) is 0 Å². The van der Waals surface area contributed by atoms with Crippen LogP contribution < -0.4 is 5.73 Å². The third kappa shape index (κ3) is 1.84. The lowest BCUT2D eigenvalue weighted by Gasteiger charge is -2.26. The molecule has 2 atom stereocenters. The van der Waals surface area contributed by atoms with E-state index in [9.17, 15) is 0 Å². The van der Waals surface area contributed by atoms with Crippen molar-refractivity contribution in [3.8, 4) is 0 Å². The monoisotopic (exact) mass is 147 g/mol. The van der Waals surface area contributed by atoms with Crippen molar-refractivity contribution in [3.05, 3.63) is 0 Å². The Balaban J connectivity index is 2.30. The molecule has 0 aromatic rings. The van der Waals surface area contributed by atoms with Crippen LogP contribution in [0.1, 0.15) is 25.7 Å². The maximum Gasteiger partial charge on any atom is 0.0266 e. The third-order valence-corrected chi connectivity index (χ3v) is 2.56. The summed E-state index contributed by atoms with van der Waals surface area (Å²) in [5.74, 6) is 1.35. The number of rotatable bonds is 1. The molecule has 0 bridgehead atoms. The van der Waals surface area contributed by atoms with Crippen molar-refractivity contribution < 1.29 is 0 Å². The average molecular weight is 148 g/mol. The zero-order chi connectivity index (χ0) is 6.69. The van der Waals surface area contributed by atoms with Gasteiger partial charge in [-0.1, -0.05) is 12.8 Å². The van der Waals surface area contributed by atoms with E-state index in [1.54, 1.807) is 0 Å². The molecule has 0 aliphatic heterocycles. The van der Waals surface area contributed by atoms with Gasteiger partial charge in [0.25, 0.3) is 0 Å². The molecule has 0 radical (unpaired) electrons. The van der Waals surface area contributed by atoms with Gasteiger partial charge in [0.1, 0.15) is 0 Å². The van der Waals surface area contributed by atoms with Gasteiger partial charge in [-0.25, -0.2) is 0 Å². The quantitative estimate of drug-likeness (QED) is 0.562. The Morgan fingerprint density at radius 2 is 2.00 bits per heavy atom. The van der Waals surface area contributed by atoms with Crippen LogP contribution in [0.4, 0.5) is 0 Å². The zero-order valence-electron chi connectivity index (χ0n) is 5.65. The Labute approximate surface area is 61.6 Å². The predicted molar refractivity (Wildman–Crippen MR) is 40.7 cm³/mol. The Hall–Kier alpha value is 0.250. The molecule has 0 saturated heterocycles. The molecule has 1 saturated carbocycles. The van der Waals surface area contributed by atoms with E-state index in [-0.39, 0.29) is 0 Å². The van der Waals surface area contributed by atoms with Crippen molar-refractivity contribution in [3.63, 3.8) is 0 Å². The smallest absolute Gasteiger partial charge is 0.0266 e. The van der Waals surface area contributed by atoms with E-state index in [1.807, 2.05) is 0 Å². The van der Waals surface area contributed by atoms with Crippen LogP contribution in [0.5, 0.6) is 0 Å². The molecule has 1 fully saturated rings. The SMILES string of the molecule is NC1CCCCC1CCl. The first-order chi connectivity index (χ1) is 4.34. The van der Waals surface area contributed by atoms with Gasteiger partial charge in [-0.05, 0) is 18.8 Å². The number of hydrogen-bond acceptors (Lipinski definition) is 1. The van der Waals surface area contributed by atoms with Gasteiger partial charge in [0, 0.05) is 11.9 Å². The molecule has 1 rings (SSSR count). The van der Waals surface area contributed by atoms with E-state index < -0.39 is 0 Å². The first-order valence-corrected chi connectivity index (χ1v) is 4.19. The van der Waals surface area contributed by atoms with Crippen molar-refractivity contribution in [2.45, 2.75) is 31.7 Å². The fourth-order valence-electron chi connectivity index (χ4n) is 1.43. The zero-order valence-corrected chi connectivity index (χ0v) is 6.40. The lowest BCUT2D eigenvalue weighted by atomic mass is 9.86. The lowest BCUT2D eigenvalue weighted by molar-refractivity contribution is 0.334. The molecule has 0 aromatic carbocycles. The molecule has 1 aliphatic rings. The Morgan fingerprint density at radius 1 is 1.33 bits per heavy atom. The summed E-state index contributed by atoms with van der Waals surface area (Å²) in [4.78, 5) is 0. The second-order valence-corrected chi connectivity index (χ2v) is 3.17. The molecular weight excluding hydrogens is 134 g/mol. The van der Waals surface area contributed by atoms with Gasteiger partial charge in [0.2, 0.25) is 0 Å². The van der Waals surface area contributed by atoms with Crippen molar-refractivity contribution in [1.82, 2.24) is 0 Å². The van der Waals surface area contributed by atoms with E-state index in [0.717, 1.165) is 5.88 Å². The summed E-state index contributed by atoms with van der Waals surface area (Å²) in [5.41, 5.74) is 5.81. The summed E-state index contributed by atoms with van der Waals surface area (Å²) in [6.45, 7) is 0. The second-order valence-electron chi connectivity index (χ2n) is 2.86. The summed E-state index contributed by atoms with van der Waals surface area (Å²) in [5, 5.41) is 0. The van der Waals surface area contributed by atoms with E-state index in [2.05, 4.69) is 0 Å². The minimum atomic E-state index is 0.385. The van der Waals surface area contributed by atoms with Crippen LogP contribution in [0.3, 0.4) is 0 Å². The molecule has 2 N–H and O–H groups in total. The van der Waals surface area contributed by atoms with E-state index >= 15 is 0 Å². The van der Waals surface area contributed by atoms with Crippen LogP contribution in [-0.4, -0.2) is 11.9 Å². The molecule has 9 heavy (non-hydrogen) atoms. The molecular formula is C7H14ClN. The highest BCUT2D eigenvalue weighted by Gasteiger charge is 2.19. The normalized spacial score (nSPS) is 36.7. The van der Waals surface area contributed by atoms with Gasteiger partial charge < -0.3 is 5.73 Å². The highest BCUT2D eigenvalue weighted by molar-refractivity contribution is 6.18. The van der Waals surface area contributed by atoms with Crippen molar-refractivity contribution in [2.24, 2.45) is 11.7 Å². The van der Waals surface area contributed by atoms with E-state index in [1.165, 1.54) is 25.7 Å². The van der Waals surface area contributed by atoms with Crippen LogP contribution in [0.15, 0.2) is 0 Å². The average Bonchev–Trinajstić information content (AvgIpc) is 1.89. The van der Waals surface area contributed by atoms with E-state index in [4.69, 9.17) is 17.3 Å². The van der Waals surface area contributed by atoms with Crippen LogP contribution in [-0.2, 0) is 0 Å². The standard InChI is InChI=1S/C7H14ClN/c8-5-6-3-1-2-4-7(6)9/h6-7H,1-5,9H2. The van der Waals surface area contributed by atoms with Gasteiger partial charge in [0.15, 0.2) is 0 Å². The third-order valence-electron chi connectivity index (χ3n) is 2.17. The molecule has 0 spiro atoms. The minimum absolute atomic E-state index is 0.385. The fourth-order valence-corrected chi connectivity index (χ4v) is 1.81. The van der Waals surface area contributed by atoms with Crippen LogP contribution in [0.25, 0.3) is 0 Å². The number of nitrogens with two attached hydrogens (primary N) is 1. The number of halogens is 1. The Kier molecular flexibility index (Phi) is 2.80. The van der Waals surface area contributed by atoms with Gasteiger partial charge in [-0.3, -0.25) is 0 Å². The number of alkyl halides is 1. The lowest BCUT2D eigenvalue weighted by Crippen LogP contribution is -2.33. The topological polar surface area (TPSA) is 26.0 Å². The van der Waals surface area contributed by atoms with Gasteiger partial charge in [-0.2, -0.15) is 0 Å². The van der Waals surface area contributed by atoms with Gasteiger partial charge >= 0.3 is 0 Å². The first-order valence-electron chi connectivity index (χ1n) is 3.66. The molecule has 1 aliphatic carbocycles. The molecule has 0 amide bonds. The summed E-state index contributed by atoms with van der Waals surface area (Å²) in [6.07, 6.45) is 5.04. The Morgan fingerprint density at radius 3 is 2.44 bits per heavy atom. The summed E-state index contributed by atoms with van der Waals surface area (Å²) in [7, 11) is 0. The molecule has 2 unspecified atom stereocenters. The predicted octanol–water partition coefficient (Wildman–Crippen LogP) is 1.74.